The fraction of sp³-hybridized carbons (Fsp3) is 0.889. The van der Waals surface area contributed by atoms with Gasteiger partial charge in [-0.15, -0.1) is 0 Å². The highest BCUT2D eigenvalue weighted by atomic mass is 16.6. The van der Waals surface area contributed by atoms with Crippen LogP contribution in [0.1, 0.15) is 66.7 Å². The molecule has 2 N–H and O–H groups in total. The molecule has 0 aliphatic heterocycles. The van der Waals surface area contributed by atoms with Gasteiger partial charge in [0.2, 0.25) is 0 Å². The third-order valence-corrected chi connectivity index (χ3v) is 4.54. The Kier molecular flexibility index (Phi) is 8.00. The molecule has 1 amide bonds. The van der Waals surface area contributed by atoms with Crippen LogP contribution in [0.25, 0.3) is 0 Å². The predicted molar refractivity (Wildman–Crippen MR) is 94.1 cm³/mol. The molecular weight excluding hydrogens is 308 g/mol. The molecule has 6 nitrogen and oxygen atoms in total. The normalized spacial score (nSPS) is 18.4. The largest absolute Gasteiger partial charge is 0.480 e. The topological polar surface area (TPSA) is 78.9 Å². The fourth-order valence-corrected chi connectivity index (χ4v) is 3.11. The Hall–Kier alpha value is -1.30. The average Bonchev–Trinajstić information content (AvgIpc) is 2.95. The molecule has 1 rings (SSSR count). The van der Waals surface area contributed by atoms with E-state index in [9.17, 15) is 14.7 Å². The van der Waals surface area contributed by atoms with E-state index in [0.29, 0.717) is 12.5 Å². The summed E-state index contributed by atoms with van der Waals surface area (Å²) in [6, 6.07) is -0.678. The van der Waals surface area contributed by atoms with Crippen molar-refractivity contribution in [3.05, 3.63) is 0 Å². The standard InChI is InChI=1S/C18H34N2O4/c1-6-15(19-17(23)24-18(3,4)5)12-20(13(2)16(21)22)11-14-9-7-8-10-14/h13-15H,6-12H2,1-5H3,(H,19,23)(H,21,22). The van der Waals surface area contributed by atoms with Crippen molar-refractivity contribution >= 4 is 12.1 Å². The van der Waals surface area contributed by atoms with Crippen LogP contribution in [0.5, 0.6) is 0 Å². The van der Waals surface area contributed by atoms with Crippen LogP contribution in [-0.4, -0.2) is 52.8 Å². The number of alkyl carbamates (subject to hydrolysis) is 1. The van der Waals surface area contributed by atoms with E-state index in [-0.39, 0.29) is 6.04 Å². The molecular formula is C18H34N2O4. The van der Waals surface area contributed by atoms with Gasteiger partial charge in [-0.25, -0.2) is 4.79 Å². The number of nitrogens with one attached hydrogen (secondary N) is 1. The summed E-state index contributed by atoms with van der Waals surface area (Å²) in [7, 11) is 0. The molecule has 1 fully saturated rings. The molecule has 0 saturated heterocycles. The van der Waals surface area contributed by atoms with E-state index in [2.05, 4.69) is 5.32 Å². The van der Waals surface area contributed by atoms with Crippen molar-refractivity contribution in [1.29, 1.82) is 0 Å². The molecule has 0 radical (unpaired) electrons. The zero-order valence-corrected chi connectivity index (χ0v) is 15.8. The molecule has 0 aromatic carbocycles. The number of nitrogens with zero attached hydrogens (tertiary/aromatic N) is 1. The lowest BCUT2D eigenvalue weighted by atomic mass is 10.1. The van der Waals surface area contributed by atoms with Gasteiger partial charge in [0.25, 0.3) is 0 Å². The third kappa shape index (κ3) is 7.51. The Morgan fingerprint density at radius 1 is 1.29 bits per heavy atom. The summed E-state index contributed by atoms with van der Waals surface area (Å²) in [5.74, 6) is -0.258. The van der Waals surface area contributed by atoms with Gasteiger partial charge in [-0.05, 0) is 52.9 Å². The van der Waals surface area contributed by atoms with E-state index >= 15 is 0 Å². The van der Waals surface area contributed by atoms with Crippen LogP contribution >= 0.6 is 0 Å². The van der Waals surface area contributed by atoms with Crippen molar-refractivity contribution in [3.8, 4) is 0 Å². The highest BCUT2D eigenvalue weighted by Crippen LogP contribution is 2.26. The smallest absolute Gasteiger partial charge is 0.407 e. The second-order valence-electron chi connectivity index (χ2n) is 7.87. The van der Waals surface area contributed by atoms with Gasteiger partial charge in [-0.2, -0.15) is 0 Å². The van der Waals surface area contributed by atoms with Crippen LogP contribution in [0.4, 0.5) is 4.79 Å². The van der Waals surface area contributed by atoms with Crippen molar-refractivity contribution in [1.82, 2.24) is 10.2 Å². The molecule has 0 bridgehead atoms. The summed E-state index contributed by atoms with van der Waals surface area (Å²) in [5.41, 5.74) is -0.541. The highest BCUT2D eigenvalue weighted by Gasteiger charge is 2.28. The van der Waals surface area contributed by atoms with Gasteiger partial charge >= 0.3 is 12.1 Å². The zero-order chi connectivity index (χ0) is 18.3. The summed E-state index contributed by atoms with van der Waals surface area (Å²) in [6.45, 7) is 10.5. The molecule has 2 unspecified atom stereocenters. The zero-order valence-electron chi connectivity index (χ0n) is 15.8. The quantitative estimate of drug-likeness (QED) is 0.708. The number of ether oxygens (including phenoxy) is 1. The molecule has 1 aliphatic rings. The first-order valence-corrected chi connectivity index (χ1v) is 9.08. The number of hydrogen-bond donors (Lipinski definition) is 2. The lowest BCUT2D eigenvalue weighted by Crippen LogP contribution is -2.50. The maximum absolute atomic E-state index is 12.0. The van der Waals surface area contributed by atoms with Gasteiger partial charge in [0, 0.05) is 19.1 Å². The van der Waals surface area contributed by atoms with Crippen LogP contribution in [0.15, 0.2) is 0 Å². The number of carbonyl (C=O) groups excluding carboxylic acids is 1. The Balaban J connectivity index is 2.66. The maximum atomic E-state index is 12.0. The fourth-order valence-electron chi connectivity index (χ4n) is 3.11. The molecule has 24 heavy (non-hydrogen) atoms. The lowest BCUT2D eigenvalue weighted by molar-refractivity contribution is -0.143. The van der Waals surface area contributed by atoms with Crippen LogP contribution in [0, 0.1) is 5.92 Å². The van der Waals surface area contributed by atoms with E-state index in [1.165, 1.54) is 25.7 Å². The molecule has 1 saturated carbocycles. The van der Waals surface area contributed by atoms with Gasteiger partial charge in [0.15, 0.2) is 0 Å². The SMILES string of the molecule is CCC(CN(CC1CCCC1)C(C)C(=O)O)NC(=O)OC(C)(C)C. The van der Waals surface area contributed by atoms with Gasteiger partial charge in [-0.1, -0.05) is 19.8 Å². The van der Waals surface area contributed by atoms with Crippen molar-refractivity contribution in [3.63, 3.8) is 0 Å². The molecule has 0 heterocycles. The third-order valence-electron chi connectivity index (χ3n) is 4.54. The number of rotatable bonds is 8. The number of hydrogen-bond acceptors (Lipinski definition) is 4. The number of aliphatic carboxylic acids is 1. The molecule has 140 valence electrons. The first kappa shape index (κ1) is 20.7. The van der Waals surface area contributed by atoms with Gasteiger partial charge in [0.1, 0.15) is 11.6 Å². The monoisotopic (exact) mass is 342 g/mol. The van der Waals surface area contributed by atoms with Crippen molar-refractivity contribution in [2.24, 2.45) is 5.92 Å². The summed E-state index contributed by atoms with van der Waals surface area (Å²) >= 11 is 0. The second kappa shape index (κ2) is 9.25. The van der Waals surface area contributed by atoms with Crippen molar-refractivity contribution in [2.45, 2.75) is 84.4 Å². The maximum Gasteiger partial charge on any atom is 0.407 e. The first-order valence-electron chi connectivity index (χ1n) is 9.08. The minimum Gasteiger partial charge on any atom is -0.480 e. The molecule has 6 heteroatoms. The second-order valence-corrected chi connectivity index (χ2v) is 7.87. The van der Waals surface area contributed by atoms with Gasteiger partial charge in [0.05, 0.1) is 0 Å². The highest BCUT2D eigenvalue weighted by molar-refractivity contribution is 5.73. The minimum absolute atomic E-state index is 0.122. The summed E-state index contributed by atoms with van der Waals surface area (Å²) in [6.07, 6.45) is 5.07. The Bertz CT molecular complexity index is 414. The Morgan fingerprint density at radius 3 is 2.33 bits per heavy atom. The van der Waals surface area contributed by atoms with Gasteiger partial charge in [-0.3, -0.25) is 9.69 Å². The van der Waals surface area contributed by atoms with Crippen molar-refractivity contribution in [2.75, 3.05) is 13.1 Å². The molecule has 2 atom stereocenters. The molecule has 0 aromatic rings. The molecule has 0 spiro atoms. The first-order chi connectivity index (χ1) is 11.1. The van der Waals surface area contributed by atoms with Crippen molar-refractivity contribution < 1.29 is 19.4 Å². The van der Waals surface area contributed by atoms with Crippen LogP contribution in [-0.2, 0) is 9.53 Å². The summed E-state index contributed by atoms with van der Waals surface area (Å²) in [5, 5.41) is 12.3. The van der Waals surface area contributed by atoms with E-state index in [1.807, 2.05) is 32.6 Å². The molecule has 0 aromatic heterocycles. The average molecular weight is 342 g/mol. The van der Waals surface area contributed by atoms with E-state index in [1.54, 1.807) is 6.92 Å². The van der Waals surface area contributed by atoms with Crippen LogP contribution in [0.2, 0.25) is 0 Å². The van der Waals surface area contributed by atoms with E-state index < -0.39 is 23.7 Å². The van der Waals surface area contributed by atoms with E-state index in [0.717, 1.165) is 13.0 Å². The summed E-state index contributed by atoms with van der Waals surface area (Å²) in [4.78, 5) is 25.4. The van der Waals surface area contributed by atoms with Crippen LogP contribution in [0.3, 0.4) is 0 Å². The van der Waals surface area contributed by atoms with Crippen LogP contribution < -0.4 is 5.32 Å². The lowest BCUT2D eigenvalue weighted by Gasteiger charge is -2.32. The number of carbonyl (C=O) groups is 2. The summed E-state index contributed by atoms with van der Waals surface area (Å²) < 4.78 is 5.31. The van der Waals surface area contributed by atoms with E-state index in [4.69, 9.17) is 4.74 Å². The Morgan fingerprint density at radius 2 is 1.88 bits per heavy atom. The van der Waals surface area contributed by atoms with Gasteiger partial charge < -0.3 is 15.2 Å². The number of carboxylic acid groups (broad SMARTS) is 1. The number of amides is 1. The minimum atomic E-state index is -0.819. The Labute approximate surface area is 145 Å². The molecule has 1 aliphatic carbocycles. The number of carboxylic acids is 1. The predicted octanol–water partition coefficient (Wildman–Crippen LogP) is 3.26.